The lowest BCUT2D eigenvalue weighted by atomic mass is 10.2. The highest BCUT2D eigenvalue weighted by Gasteiger charge is 2.03. The maximum absolute atomic E-state index is 11.9. The summed E-state index contributed by atoms with van der Waals surface area (Å²) < 4.78 is 7.38. The number of nitrogens with one attached hydrogen (secondary N) is 1. The third-order valence-corrected chi connectivity index (χ3v) is 2.85. The number of nitrogens with zero attached hydrogens (tertiary/aromatic N) is 2. The number of hydrogen-bond donors (Lipinski definition) is 1. The lowest BCUT2D eigenvalue weighted by Crippen LogP contribution is -2.11. The molecule has 1 aromatic heterocycles. The van der Waals surface area contributed by atoms with Gasteiger partial charge in [-0.25, -0.2) is 4.98 Å². The molecule has 1 amide bonds. The van der Waals surface area contributed by atoms with E-state index in [-0.39, 0.29) is 5.91 Å². The van der Waals surface area contributed by atoms with E-state index >= 15 is 0 Å². The topological polar surface area (TPSA) is 56.1 Å². The molecule has 0 fully saturated rings. The molecule has 0 aliphatic carbocycles. The predicted octanol–water partition coefficient (Wildman–Crippen LogP) is 2.86. The zero-order valence-corrected chi connectivity index (χ0v) is 12.2. The van der Waals surface area contributed by atoms with Gasteiger partial charge in [-0.3, -0.25) is 10.1 Å². The van der Waals surface area contributed by atoms with Crippen molar-refractivity contribution in [2.45, 2.75) is 13.3 Å². The van der Waals surface area contributed by atoms with Crippen LogP contribution in [0.4, 0.5) is 5.95 Å². The van der Waals surface area contributed by atoms with Crippen molar-refractivity contribution in [2.24, 2.45) is 7.05 Å². The Balaban J connectivity index is 2.03. The van der Waals surface area contributed by atoms with Gasteiger partial charge in [0.05, 0.1) is 6.61 Å². The summed E-state index contributed by atoms with van der Waals surface area (Å²) in [6.07, 6.45) is 7.56. The van der Waals surface area contributed by atoms with Gasteiger partial charge < -0.3 is 9.30 Å². The van der Waals surface area contributed by atoms with Gasteiger partial charge in [-0.2, -0.15) is 0 Å². The van der Waals surface area contributed by atoms with Crippen molar-refractivity contribution < 1.29 is 9.53 Å². The van der Waals surface area contributed by atoms with Crippen molar-refractivity contribution in [3.05, 3.63) is 48.3 Å². The minimum atomic E-state index is -0.227. The summed E-state index contributed by atoms with van der Waals surface area (Å²) in [5, 5.41) is 2.71. The Morgan fingerprint density at radius 1 is 1.43 bits per heavy atom. The first-order valence-electron chi connectivity index (χ1n) is 6.89. The number of ether oxygens (including phenoxy) is 1. The van der Waals surface area contributed by atoms with Crippen LogP contribution in [-0.4, -0.2) is 22.1 Å². The van der Waals surface area contributed by atoms with Crippen molar-refractivity contribution >= 4 is 17.9 Å². The highest BCUT2D eigenvalue weighted by atomic mass is 16.5. The first kappa shape index (κ1) is 14.8. The van der Waals surface area contributed by atoms with Crippen LogP contribution in [0.15, 0.2) is 42.7 Å². The second-order valence-electron chi connectivity index (χ2n) is 4.57. The molecule has 0 bridgehead atoms. The van der Waals surface area contributed by atoms with Gasteiger partial charge in [0, 0.05) is 31.1 Å². The van der Waals surface area contributed by atoms with Crippen LogP contribution in [0.1, 0.15) is 18.9 Å². The van der Waals surface area contributed by atoms with E-state index in [4.69, 9.17) is 4.74 Å². The van der Waals surface area contributed by atoms with Gasteiger partial charge >= 0.3 is 0 Å². The molecule has 0 aliphatic rings. The van der Waals surface area contributed by atoms with Crippen molar-refractivity contribution in [2.75, 3.05) is 11.9 Å². The SMILES string of the molecule is CCCOc1ccccc1/C=C/C(=O)Nc1nccn1C. The fourth-order valence-corrected chi connectivity index (χ4v) is 1.77. The van der Waals surface area contributed by atoms with E-state index < -0.39 is 0 Å². The van der Waals surface area contributed by atoms with Gasteiger partial charge in [0.15, 0.2) is 0 Å². The maximum atomic E-state index is 11.9. The van der Waals surface area contributed by atoms with E-state index in [0.717, 1.165) is 17.7 Å². The van der Waals surface area contributed by atoms with Gasteiger partial charge in [-0.05, 0) is 18.6 Å². The molecular formula is C16H19N3O2. The standard InChI is InChI=1S/C16H19N3O2/c1-3-12-21-14-7-5-4-6-13(14)8-9-15(20)18-16-17-10-11-19(16)2/h4-11H,3,12H2,1-2H3,(H,17,18,20)/b9-8+. The molecule has 110 valence electrons. The largest absolute Gasteiger partial charge is 0.493 e. The molecule has 1 aromatic carbocycles. The number of benzene rings is 1. The van der Waals surface area contributed by atoms with E-state index in [1.54, 1.807) is 23.0 Å². The van der Waals surface area contributed by atoms with Crippen LogP contribution in [0.3, 0.4) is 0 Å². The quantitative estimate of drug-likeness (QED) is 0.830. The summed E-state index contributed by atoms with van der Waals surface area (Å²) in [5.41, 5.74) is 0.876. The molecule has 0 atom stereocenters. The molecule has 0 unspecified atom stereocenters. The van der Waals surface area contributed by atoms with Crippen LogP contribution < -0.4 is 10.1 Å². The lowest BCUT2D eigenvalue weighted by molar-refractivity contribution is -0.111. The van der Waals surface area contributed by atoms with E-state index in [0.29, 0.717) is 12.6 Å². The predicted molar refractivity (Wildman–Crippen MR) is 83.1 cm³/mol. The van der Waals surface area contributed by atoms with E-state index in [9.17, 15) is 4.79 Å². The van der Waals surface area contributed by atoms with Gasteiger partial charge in [0.1, 0.15) is 5.75 Å². The normalized spacial score (nSPS) is 10.8. The number of hydrogen-bond acceptors (Lipinski definition) is 3. The number of carbonyl (C=O) groups is 1. The maximum Gasteiger partial charge on any atom is 0.250 e. The number of para-hydroxylation sites is 1. The smallest absolute Gasteiger partial charge is 0.250 e. The molecule has 2 rings (SSSR count). The number of anilines is 1. The summed E-state index contributed by atoms with van der Waals surface area (Å²) in [6, 6.07) is 7.63. The Morgan fingerprint density at radius 3 is 2.95 bits per heavy atom. The third-order valence-electron chi connectivity index (χ3n) is 2.85. The number of carbonyl (C=O) groups excluding carboxylic acids is 1. The van der Waals surface area contributed by atoms with Crippen molar-refractivity contribution in [3.63, 3.8) is 0 Å². The Bertz CT molecular complexity index is 632. The summed E-state index contributed by atoms with van der Waals surface area (Å²) in [4.78, 5) is 15.9. The Morgan fingerprint density at radius 2 is 2.24 bits per heavy atom. The molecule has 2 aromatic rings. The average Bonchev–Trinajstić information content (AvgIpc) is 2.89. The molecule has 5 nitrogen and oxygen atoms in total. The fourth-order valence-electron chi connectivity index (χ4n) is 1.77. The molecular weight excluding hydrogens is 266 g/mol. The Kier molecular flexibility index (Phi) is 5.15. The molecule has 1 heterocycles. The zero-order chi connectivity index (χ0) is 15.1. The minimum absolute atomic E-state index is 0.227. The monoisotopic (exact) mass is 285 g/mol. The molecule has 0 spiro atoms. The van der Waals surface area contributed by atoms with Crippen molar-refractivity contribution in [3.8, 4) is 5.75 Å². The molecule has 21 heavy (non-hydrogen) atoms. The van der Waals surface area contributed by atoms with Crippen LogP contribution in [-0.2, 0) is 11.8 Å². The molecule has 5 heteroatoms. The van der Waals surface area contributed by atoms with Gasteiger partial charge in [0.25, 0.3) is 5.91 Å². The molecule has 0 saturated heterocycles. The molecule has 0 radical (unpaired) electrons. The number of aryl methyl sites for hydroxylation is 1. The molecule has 0 aliphatic heterocycles. The first-order chi connectivity index (χ1) is 10.2. The van der Waals surface area contributed by atoms with Crippen LogP contribution in [0.2, 0.25) is 0 Å². The molecule has 0 saturated carbocycles. The lowest BCUT2D eigenvalue weighted by Gasteiger charge is -2.07. The van der Waals surface area contributed by atoms with Gasteiger partial charge in [-0.1, -0.05) is 25.1 Å². The van der Waals surface area contributed by atoms with Crippen molar-refractivity contribution in [1.29, 1.82) is 0 Å². The summed E-state index contributed by atoms with van der Waals surface area (Å²) in [5.74, 6) is 1.06. The highest BCUT2D eigenvalue weighted by molar-refractivity contribution is 6.01. The fraction of sp³-hybridized carbons (Fsp3) is 0.250. The van der Waals surface area contributed by atoms with Crippen LogP contribution in [0.5, 0.6) is 5.75 Å². The Hall–Kier alpha value is -2.56. The van der Waals surface area contributed by atoms with Crippen LogP contribution >= 0.6 is 0 Å². The van der Waals surface area contributed by atoms with E-state index in [1.165, 1.54) is 6.08 Å². The number of amides is 1. The van der Waals surface area contributed by atoms with E-state index in [2.05, 4.69) is 17.2 Å². The summed E-state index contributed by atoms with van der Waals surface area (Å²) in [6.45, 7) is 2.71. The van der Waals surface area contributed by atoms with Gasteiger partial charge in [0.2, 0.25) is 5.95 Å². The second-order valence-corrected chi connectivity index (χ2v) is 4.57. The van der Waals surface area contributed by atoms with Gasteiger partial charge in [-0.15, -0.1) is 0 Å². The molecule has 1 N–H and O–H groups in total. The number of rotatable bonds is 6. The number of aromatic nitrogens is 2. The zero-order valence-electron chi connectivity index (χ0n) is 12.2. The number of imidazole rings is 1. The van der Waals surface area contributed by atoms with Crippen LogP contribution in [0.25, 0.3) is 6.08 Å². The van der Waals surface area contributed by atoms with Crippen LogP contribution in [0, 0.1) is 0 Å². The minimum Gasteiger partial charge on any atom is -0.493 e. The van der Waals surface area contributed by atoms with E-state index in [1.807, 2.05) is 31.3 Å². The summed E-state index contributed by atoms with van der Waals surface area (Å²) >= 11 is 0. The van der Waals surface area contributed by atoms with Crippen molar-refractivity contribution in [1.82, 2.24) is 9.55 Å². The Labute approximate surface area is 124 Å². The first-order valence-corrected chi connectivity index (χ1v) is 6.89. The summed E-state index contributed by atoms with van der Waals surface area (Å²) in [7, 11) is 1.82. The third kappa shape index (κ3) is 4.21. The second kappa shape index (κ2) is 7.28. The average molecular weight is 285 g/mol. The highest BCUT2D eigenvalue weighted by Crippen LogP contribution is 2.19.